The second kappa shape index (κ2) is 11.2. The Morgan fingerprint density at radius 3 is 2.62 bits per heavy atom. The summed E-state index contributed by atoms with van der Waals surface area (Å²) in [6.07, 6.45) is 4.70. The highest BCUT2D eigenvalue weighted by molar-refractivity contribution is 6.35. The topological polar surface area (TPSA) is 102 Å². The van der Waals surface area contributed by atoms with Gasteiger partial charge in [-0.05, 0) is 71.7 Å². The maximum atomic E-state index is 14.0. The summed E-state index contributed by atoms with van der Waals surface area (Å²) in [5.74, 6) is -0.242. The molecule has 6 rings (SSSR count). The molecule has 0 aliphatic carbocycles. The average Bonchev–Trinajstić information content (AvgIpc) is 3.45. The number of halogens is 1. The summed E-state index contributed by atoms with van der Waals surface area (Å²) in [5.41, 5.74) is 4.45. The average molecular weight is 588 g/mol. The molecule has 9 heteroatoms. The third-order valence-corrected chi connectivity index (χ3v) is 9.12. The van der Waals surface area contributed by atoms with Crippen LogP contribution in [0.25, 0.3) is 21.8 Å². The Labute approximate surface area is 250 Å². The molecule has 2 aromatic carbocycles. The van der Waals surface area contributed by atoms with Gasteiger partial charge in [0.1, 0.15) is 0 Å². The summed E-state index contributed by atoms with van der Waals surface area (Å²) in [6.45, 7) is 8.60. The minimum absolute atomic E-state index is 0.0130. The number of hydrogen-bond donors (Lipinski definition) is 2. The highest BCUT2D eigenvalue weighted by Crippen LogP contribution is 2.35. The number of nitrogens with zero attached hydrogens (tertiary/aromatic N) is 3. The molecule has 2 aliphatic heterocycles. The molecule has 0 spiro atoms. The van der Waals surface area contributed by atoms with E-state index in [0.717, 1.165) is 51.3 Å². The van der Waals surface area contributed by atoms with Crippen molar-refractivity contribution in [3.05, 3.63) is 74.7 Å². The van der Waals surface area contributed by atoms with Gasteiger partial charge in [-0.2, -0.15) is 5.10 Å². The first kappa shape index (κ1) is 28.5. The Morgan fingerprint density at radius 2 is 1.86 bits per heavy atom. The molecule has 1 saturated heterocycles. The highest BCUT2D eigenvalue weighted by atomic mass is 35.5. The number of aromatic nitrogens is 3. The van der Waals surface area contributed by atoms with Crippen LogP contribution in [0.4, 0.5) is 0 Å². The standard InChI is InChI=1S/C33H38ClN5O3/c1-33(2,3)19-39-18-26-21(15-27(34)30-25(26)17-35-37-30)8-9-23(32(39)42)16-29(40)38-12-10-20(11-13-38)24-14-22-6-4-5-7-28(22)36-31(24)41/h4-7,14-15,17,20,23H,8-13,16,18-19H2,1-3H3,(H,35,37)(H,36,41)/t23-/m0/s1. The van der Waals surface area contributed by atoms with Crippen molar-refractivity contribution in [3.8, 4) is 0 Å². The molecule has 2 N–H and O–H groups in total. The molecular weight excluding hydrogens is 550 g/mol. The number of piperidine rings is 1. The van der Waals surface area contributed by atoms with E-state index < -0.39 is 5.92 Å². The van der Waals surface area contributed by atoms with Crippen LogP contribution in [-0.4, -0.2) is 56.4 Å². The summed E-state index contributed by atoms with van der Waals surface area (Å²) < 4.78 is 0. The number of pyridine rings is 1. The van der Waals surface area contributed by atoms with Gasteiger partial charge in [-0.15, -0.1) is 0 Å². The monoisotopic (exact) mass is 587 g/mol. The molecule has 0 bridgehead atoms. The number of H-pyrrole nitrogens is 2. The molecule has 2 amide bonds. The molecule has 42 heavy (non-hydrogen) atoms. The Kier molecular flexibility index (Phi) is 7.60. The third-order valence-electron chi connectivity index (χ3n) is 8.82. The van der Waals surface area contributed by atoms with E-state index in [1.54, 1.807) is 6.20 Å². The predicted molar refractivity (Wildman–Crippen MR) is 166 cm³/mol. The van der Waals surface area contributed by atoms with Gasteiger partial charge >= 0.3 is 0 Å². The number of hydrogen-bond acceptors (Lipinski definition) is 4. The molecule has 8 nitrogen and oxygen atoms in total. The number of carbonyl (C=O) groups is 2. The SMILES string of the molecule is CC(C)(C)CN1Cc2c(cc(Cl)c3[nH]ncc23)CC[C@@H](CC(=O)N2CCC(c3cc4ccccc4[nH]c3=O)CC2)C1=O. The smallest absolute Gasteiger partial charge is 0.251 e. The number of rotatable bonds is 4. The summed E-state index contributed by atoms with van der Waals surface area (Å²) in [5, 5.41) is 9.79. The maximum absolute atomic E-state index is 14.0. The van der Waals surface area contributed by atoms with Crippen molar-refractivity contribution in [2.45, 2.75) is 65.3 Å². The zero-order chi connectivity index (χ0) is 29.6. The third kappa shape index (κ3) is 5.69. The Balaban J connectivity index is 1.18. The number of amides is 2. The molecule has 2 aromatic heterocycles. The molecule has 2 aliphatic rings. The minimum Gasteiger partial charge on any atom is -0.343 e. The largest absolute Gasteiger partial charge is 0.343 e. The summed E-state index contributed by atoms with van der Waals surface area (Å²) in [7, 11) is 0. The van der Waals surface area contributed by atoms with E-state index in [4.69, 9.17) is 11.6 Å². The number of fused-ring (bicyclic) bond motifs is 4. The highest BCUT2D eigenvalue weighted by Gasteiger charge is 2.34. The Bertz CT molecular complexity index is 1710. The molecule has 0 unspecified atom stereocenters. The quantitative estimate of drug-likeness (QED) is 0.315. The molecule has 0 radical (unpaired) electrons. The Hall–Kier alpha value is -3.65. The van der Waals surface area contributed by atoms with Gasteiger partial charge in [-0.1, -0.05) is 50.6 Å². The molecule has 220 valence electrons. The van der Waals surface area contributed by atoms with Crippen LogP contribution in [0.5, 0.6) is 0 Å². The summed E-state index contributed by atoms with van der Waals surface area (Å²) >= 11 is 6.58. The lowest BCUT2D eigenvalue weighted by atomic mass is 9.86. The molecular formula is C33H38ClN5O3. The maximum Gasteiger partial charge on any atom is 0.251 e. The van der Waals surface area contributed by atoms with Gasteiger partial charge in [-0.3, -0.25) is 19.5 Å². The first-order chi connectivity index (χ1) is 20.1. The summed E-state index contributed by atoms with van der Waals surface area (Å²) in [6, 6.07) is 11.8. The molecule has 0 saturated carbocycles. The van der Waals surface area contributed by atoms with Gasteiger partial charge < -0.3 is 14.8 Å². The van der Waals surface area contributed by atoms with Gasteiger partial charge in [-0.25, -0.2) is 0 Å². The lowest BCUT2D eigenvalue weighted by Crippen LogP contribution is -2.45. The van der Waals surface area contributed by atoms with Gasteiger partial charge in [0, 0.05) is 55.0 Å². The number of benzene rings is 2. The van der Waals surface area contributed by atoms with Crippen LogP contribution in [0.2, 0.25) is 5.02 Å². The fourth-order valence-electron chi connectivity index (χ4n) is 6.72. The number of para-hydroxylation sites is 1. The normalized spacial score (nSPS) is 18.8. The van der Waals surface area contributed by atoms with E-state index in [1.165, 1.54) is 0 Å². The molecule has 4 aromatic rings. The zero-order valence-corrected chi connectivity index (χ0v) is 25.3. The number of likely N-dealkylation sites (tertiary alicyclic amines) is 1. The lowest BCUT2D eigenvalue weighted by molar-refractivity contribution is -0.143. The van der Waals surface area contributed by atoms with Crippen LogP contribution in [0.3, 0.4) is 0 Å². The Morgan fingerprint density at radius 1 is 1.10 bits per heavy atom. The second-order valence-corrected chi connectivity index (χ2v) is 13.6. The van der Waals surface area contributed by atoms with Crippen LogP contribution in [0.15, 0.2) is 47.4 Å². The van der Waals surface area contributed by atoms with Crippen molar-refractivity contribution >= 4 is 45.2 Å². The van der Waals surface area contributed by atoms with Crippen molar-refractivity contribution in [3.63, 3.8) is 0 Å². The first-order valence-electron chi connectivity index (χ1n) is 14.9. The zero-order valence-electron chi connectivity index (χ0n) is 24.5. The molecule has 1 atom stereocenters. The van der Waals surface area contributed by atoms with Crippen molar-refractivity contribution in [2.24, 2.45) is 11.3 Å². The number of carbonyl (C=O) groups excluding carboxylic acids is 2. The lowest BCUT2D eigenvalue weighted by Gasteiger charge is -2.36. The summed E-state index contributed by atoms with van der Waals surface area (Å²) in [4.78, 5) is 47.2. The number of aromatic amines is 2. The van der Waals surface area contributed by atoms with Crippen molar-refractivity contribution in [1.82, 2.24) is 25.0 Å². The van der Waals surface area contributed by atoms with Crippen molar-refractivity contribution < 1.29 is 9.59 Å². The predicted octanol–water partition coefficient (Wildman–Crippen LogP) is 5.79. The van der Waals surface area contributed by atoms with E-state index in [1.807, 2.05) is 46.2 Å². The number of aryl methyl sites for hydroxylation is 1. The number of nitrogens with one attached hydrogen (secondary N) is 2. The van der Waals surface area contributed by atoms with E-state index in [0.29, 0.717) is 44.0 Å². The van der Waals surface area contributed by atoms with Gasteiger partial charge in [0.25, 0.3) is 5.56 Å². The molecule has 1 fully saturated rings. The van der Waals surface area contributed by atoms with E-state index >= 15 is 0 Å². The fourth-order valence-corrected chi connectivity index (χ4v) is 6.99. The van der Waals surface area contributed by atoms with Gasteiger partial charge in [0.05, 0.1) is 16.7 Å². The van der Waals surface area contributed by atoms with Crippen LogP contribution in [-0.2, 0) is 22.6 Å². The van der Waals surface area contributed by atoms with Crippen molar-refractivity contribution in [1.29, 1.82) is 0 Å². The van der Waals surface area contributed by atoms with Gasteiger partial charge in [0.2, 0.25) is 11.8 Å². The van der Waals surface area contributed by atoms with Crippen LogP contribution < -0.4 is 5.56 Å². The first-order valence-corrected chi connectivity index (χ1v) is 15.3. The molecule has 4 heterocycles. The van der Waals surface area contributed by atoms with E-state index in [9.17, 15) is 14.4 Å². The van der Waals surface area contributed by atoms with E-state index in [-0.39, 0.29) is 35.1 Å². The fraction of sp³-hybridized carbons (Fsp3) is 0.455. The van der Waals surface area contributed by atoms with Gasteiger partial charge in [0.15, 0.2) is 0 Å². The van der Waals surface area contributed by atoms with Crippen LogP contribution >= 0.6 is 11.6 Å². The van der Waals surface area contributed by atoms with Crippen molar-refractivity contribution in [2.75, 3.05) is 19.6 Å². The van der Waals surface area contributed by atoms with Crippen LogP contribution in [0.1, 0.15) is 69.1 Å². The van der Waals surface area contributed by atoms with E-state index in [2.05, 4.69) is 36.0 Å². The van der Waals surface area contributed by atoms with Crippen LogP contribution in [0, 0.1) is 11.3 Å². The second-order valence-electron chi connectivity index (χ2n) is 13.1. The minimum atomic E-state index is -0.395.